The number of carbonyl (C=O) groups is 2. The van der Waals surface area contributed by atoms with Crippen molar-refractivity contribution in [3.63, 3.8) is 0 Å². The monoisotopic (exact) mass is 211 g/mol. The Kier molecular flexibility index (Phi) is 4.49. The van der Waals surface area contributed by atoms with E-state index in [1.807, 2.05) is 0 Å². The topological polar surface area (TPSA) is 46.6 Å². The van der Waals surface area contributed by atoms with Crippen molar-refractivity contribution in [3.05, 3.63) is 11.6 Å². The van der Waals surface area contributed by atoms with Crippen molar-refractivity contribution >= 4 is 11.8 Å². The number of unbranched alkanes of at least 4 members (excludes halogenated alkanes) is 2. The molecule has 4 heteroatoms. The van der Waals surface area contributed by atoms with E-state index in [-0.39, 0.29) is 11.8 Å². The van der Waals surface area contributed by atoms with Gasteiger partial charge in [0.1, 0.15) is 0 Å². The predicted octanol–water partition coefficient (Wildman–Crippen LogP) is 1.12. The van der Waals surface area contributed by atoms with Gasteiger partial charge in [0.15, 0.2) is 0 Å². The first-order valence-electron chi connectivity index (χ1n) is 5.20. The van der Waals surface area contributed by atoms with Crippen LogP contribution in [0.15, 0.2) is 11.6 Å². The molecule has 0 fully saturated rings. The van der Waals surface area contributed by atoms with Crippen LogP contribution < -0.4 is 0 Å². The maximum atomic E-state index is 11.4. The molecular weight excluding hydrogens is 194 g/mol. The normalized spacial score (nSPS) is 16.1. The number of amides is 2. The quantitative estimate of drug-likeness (QED) is 0.488. The van der Waals surface area contributed by atoms with E-state index in [9.17, 15) is 9.59 Å². The molecule has 0 aromatic heterocycles. The molecule has 0 spiro atoms. The van der Waals surface area contributed by atoms with Crippen LogP contribution in [0.3, 0.4) is 0 Å². The maximum absolute atomic E-state index is 11.4. The van der Waals surface area contributed by atoms with Crippen LogP contribution in [0.25, 0.3) is 0 Å². The molecule has 15 heavy (non-hydrogen) atoms. The van der Waals surface area contributed by atoms with Crippen molar-refractivity contribution in [2.45, 2.75) is 26.2 Å². The van der Waals surface area contributed by atoms with Gasteiger partial charge in [-0.05, 0) is 26.2 Å². The van der Waals surface area contributed by atoms with Gasteiger partial charge in [-0.2, -0.15) is 0 Å². The molecule has 0 radical (unpaired) electrons. The lowest BCUT2D eigenvalue weighted by Crippen LogP contribution is -2.31. The fourth-order valence-electron chi connectivity index (χ4n) is 1.54. The average Bonchev–Trinajstić information content (AvgIpc) is 2.44. The summed E-state index contributed by atoms with van der Waals surface area (Å²) in [4.78, 5) is 24.1. The van der Waals surface area contributed by atoms with Gasteiger partial charge in [0.05, 0.1) is 0 Å². The van der Waals surface area contributed by atoms with Gasteiger partial charge in [-0.1, -0.05) is 0 Å². The van der Waals surface area contributed by atoms with Crippen LogP contribution >= 0.6 is 0 Å². The summed E-state index contributed by atoms with van der Waals surface area (Å²) in [5.74, 6) is -0.323. The lowest BCUT2D eigenvalue weighted by Gasteiger charge is -2.13. The first-order valence-corrected chi connectivity index (χ1v) is 5.20. The Hall–Kier alpha value is -1.16. The third-order valence-corrected chi connectivity index (χ3v) is 2.42. The number of ether oxygens (including phenoxy) is 1. The van der Waals surface area contributed by atoms with E-state index < -0.39 is 0 Å². The highest BCUT2D eigenvalue weighted by Gasteiger charge is 2.27. The highest BCUT2D eigenvalue weighted by Crippen LogP contribution is 2.12. The van der Waals surface area contributed by atoms with Gasteiger partial charge in [0.2, 0.25) is 0 Å². The molecule has 1 aliphatic heterocycles. The Labute approximate surface area is 89.9 Å². The fraction of sp³-hybridized carbons (Fsp3) is 0.636. The number of hydrogen-bond acceptors (Lipinski definition) is 3. The van der Waals surface area contributed by atoms with E-state index in [2.05, 4.69) is 0 Å². The SMILES string of the molecule is COCCCCCN1C(=O)C=C(C)C1=O. The second kappa shape index (κ2) is 5.66. The molecule has 0 aromatic rings. The Balaban J connectivity index is 2.23. The van der Waals surface area contributed by atoms with Crippen molar-refractivity contribution in [2.24, 2.45) is 0 Å². The highest BCUT2D eigenvalue weighted by molar-refractivity contribution is 6.15. The minimum absolute atomic E-state index is 0.147. The number of rotatable bonds is 6. The van der Waals surface area contributed by atoms with Crippen LogP contribution in [-0.2, 0) is 14.3 Å². The number of nitrogens with zero attached hydrogens (tertiary/aromatic N) is 1. The second-order valence-electron chi connectivity index (χ2n) is 3.68. The van der Waals surface area contributed by atoms with Crippen LogP contribution in [0.2, 0.25) is 0 Å². The number of carbonyl (C=O) groups excluding carboxylic acids is 2. The summed E-state index contributed by atoms with van der Waals surface area (Å²) in [5.41, 5.74) is 0.539. The molecule has 0 saturated carbocycles. The summed E-state index contributed by atoms with van der Waals surface area (Å²) in [6.07, 6.45) is 4.20. The summed E-state index contributed by atoms with van der Waals surface area (Å²) >= 11 is 0. The summed E-state index contributed by atoms with van der Waals surface area (Å²) in [6, 6.07) is 0. The minimum Gasteiger partial charge on any atom is -0.385 e. The van der Waals surface area contributed by atoms with Crippen molar-refractivity contribution in [3.8, 4) is 0 Å². The molecule has 1 heterocycles. The summed E-state index contributed by atoms with van der Waals surface area (Å²) in [5, 5.41) is 0. The molecule has 4 nitrogen and oxygen atoms in total. The smallest absolute Gasteiger partial charge is 0.256 e. The number of imide groups is 1. The van der Waals surface area contributed by atoms with Gasteiger partial charge in [-0.15, -0.1) is 0 Å². The summed E-state index contributed by atoms with van der Waals surface area (Å²) < 4.78 is 4.92. The molecule has 0 bridgehead atoms. The second-order valence-corrected chi connectivity index (χ2v) is 3.68. The summed E-state index contributed by atoms with van der Waals surface area (Å²) in [7, 11) is 1.67. The third kappa shape index (κ3) is 3.16. The maximum Gasteiger partial charge on any atom is 0.256 e. The molecular formula is C11H17NO3. The molecule has 0 unspecified atom stereocenters. The van der Waals surface area contributed by atoms with E-state index in [1.165, 1.54) is 11.0 Å². The predicted molar refractivity (Wildman–Crippen MR) is 56.2 cm³/mol. The number of methoxy groups -OCH3 is 1. The zero-order valence-electron chi connectivity index (χ0n) is 9.28. The molecule has 0 aromatic carbocycles. The molecule has 0 atom stereocenters. The lowest BCUT2D eigenvalue weighted by molar-refractivity contribution is -0.137. The van der Waals surface area contributed by atoms with Gasteiger partial charge in [0.25, 0.3) is 11.8 Å². The van der Waals surface area contributed by atoms with Crippen LogP contribution in [0.1, 0.15) is 26.2 Å². The molecule has 2 amide bonds. The Morgan fingerprint density at radius 1 is 1.27 bits per heavy atom. The van der Waals surface area contributed by atoms with E-state index >= 15 is 0 Å². The van der Waals surface area contributed by atoms with Gasteiger partial charge in [-0.3, -0.25) is 14.5 Å². The van der Waals surface area contributed by atoms with E-state index in [1.54, 1.807) is 14.0 Å². The third-order valence-electron chi connectivity index (χ3n) is 2.42. The molecule has 1 aliphatic rings. The molecule has 0 N–H and O–H groups in total. The first kappa shape index (κ1) is 11.9. The minimum atomic E-state index is -0.177. The zero-order chi connectivity index (χ0) is 11.3. The Bertz CT molecular complexity index is 284. The van der Waals surface area contributed by atoms with Crippen LogP contribution in [0, 0.1) is 0 Å². The Morgan fingerprint density at radius 3 is 2.53 bits per heavy atom. The first-order chi connectivity index (χ1) is 7.16. The summed E-state index contributed by atoms with van der Waals surface area (Å²) in [6.45, 7) is 2.93. The highest BCUT2D eigenvalue weighted by atomic mass is 16.5. The molecule has 1 rings (SSSR count). The molecule has 84 valence electrons. The zero-order valence-corrected chi connectivity index (χ0v) is 9.28. The van der Waals surface area contributed by atoms with Crippen molar-refractivity contribution in [2.75, 3.05) is 20.3 Å². The van der Waals surface area contributed by atoms with Gasteiger partial charge in [-0.25, -0.2) is 0 Å². The van der Waals surface area contributed by atoms with Crippen LogP contribution in [-0.4, -0.2) is 37.0 Å². The largest absolute Gasteiger partial charge is 0.385 e. The van der Waals surface area contributed by atoms with Crippen LogP contribution in [0.5, 0.6) is 0 Å². The van der Waals surface area contributed by atoms with E-state index in [0.717, 1.165) is 25.9 Å². The van der Waals surface area contributed by atoms with Gasteiger partial charge < -0.3 is 4.74 Å². The molecule has 0 aliphatic carbocycles. The van der Waals surface area contributed by atoms with Crippen molar-refractivity contribution in [1.29, 1.82) is 0 Å². The fourth-order valence-corrected chi connectivity index (χ4v) is 1.54. The molecule has 0 saturated heterocycles. The number of hydrogen-bond donors (Lipinski definition) is 0. The van der Waals surface area contributed by atoms with E-state index in [4.69, 9.17) is 4.74 Å². The lowest BCUT2D eigenvalue weighted by atomic mass is 10.2. The van der Waals surface area contributed by atoms with Gasteiger partial charge in [0, 0.05) is 31.9 Å². The Morgan fingerprint density at radius 2 is 2.00 bits per heavy atom. The van der Waals surface area contributed by atoms with Crippen molar-refractivity contribution < 1.29 is 14.3 Å². The van der Waals surface area contributed by atoms with Crippen molar-refractivity contribution in [1.82, 2.24) is 4.90 Å². The van der Waals surface area contributed by atoms with E-state index in [0.29, 0.717) is 12.1 Å². The van der Waals surface area contributed by atoms with Crippen LogP contribution in [0.4, 0.5) is 0 Å². The standard InChI is InChI=1S/C11H17NO3/c1-9-8-10(13)12(11(9)14)6-4-3-5-7-15-2/h8H,3-7H2,1-2H3. The average molecular weight is 211 g/mol. The van der Waals surface area contributed by atoms with Gasteiger partial charge >= 0.3 is 0 Å².